The van der Waals surface area contributed by atoms with Crippen molar-refractivity contribution in [2.45, 2.75) is 43.7 Å². The van der Waals surface area contributed by atoms with Crippen LogP contribution in [0.1, 0.15) is 43.4 Å². The van der Waals surface area contributed by atoms with E-state index >= 15 is 0 Å². The number of imide groups is 1. The van der Waals surface area contributed by atoms with Crippen LogP contribution in [0, 0.1) is 0 Å². The number of amides is 3. The van der Waals surface area contributed by atoms with Crippen LogP contribution in [-0.4, -0.2) is 70.6 Å². The molecule has 1 aromatic rings. The van der Waals surface area contributed by atoms with Crippen molar-refractivity contribution in [1.29, 1.82) is 0 Å². The van der Waals surface area contributed by atoms with E-state index in [9.17, 15) is 9.59 Å². The van der Waals surface area contributed by atoms with Crippen molar-refractivity contribution in [2.24, 2.45) is 0 Å². The molecule has 136 valence electrons. The second-order valence-electron chi connectivity index (χ2n) is 7.17. The van der Waals surface area contributed by atoms with Crippen LogP contribution in [0.3, 0.4) is 0 Å². The third-order valence-electron chi connectivity index (χ3n) is 5.55. The van der Waals surface area contributed by atoms with Crippen LogP contribution in [0.4, 0.5) is 4.79 Å². The number of nitrogens with one attached hydrogen (secondary N) is 2. The Bertz CT molecular complexity index is 669. The highest BCUT2D eigenvalue weighted by atomic mass is 16.5. The van der Waals surface area contributed by atoms with Gasteiger partial charge in [0.05, 0.1) is 6.04 Å². The number of urea groups is 1. The summed E-state index contributed by atoms with van der Waals surface area (Å²) in [5.74, 6) is 1.00. The molecule has 2 N–H and O–H groups in total. The molecule has 3 amide bonds. The number of piperazine rings is 1. The molecular formula is C16H24N6O3. The first-order chi connectivity index (χ1) is 12.1. The molecule has 1 aliphatic carbocycles. The van der Waals surface area contributed by atoms with Crippen molar-refractivity contribution in [3.05, 3.63) is 11.7 Å². The van der Waals surface area contributed by atoms with E-state index in [1.54, 1.807) is 0 Å². The van der Waals surface area contributed by atoms with Crippen LogP contribution in [0.5, 0.6) is 0 Å². The minimum absolute atomic E-state index is 0.0877. The van der Waals surface area contributed by atoms with Crippen molar-refractivity contribution in [3.63, 3.8) is 0 Å². The predicted molar refractivity (Wildman–Crippen MR) is 87.7 cm³/mol. The van der Waals surface area contributed by atoms with Crippen molar-refractivity contribution in [1.82, 2.24) is 30.6 Å². The lowest BCUT2D eigenvalue weighted by molar-refractivity contribution is -0.131. The summed E-state index contributed by atoms with van der Waals surface area (Å²) in [4.78, 5) is 32.7. The average molecular weight is 348 g/mol. The van der Waals surface area contributed by atoms with Gasteiger partial charge in [-0.25, -0.2) is 4.79 Å². The molecule has 25 heavy (non-hydrogen) atoms. The Kier molecular flexibility index (Phi) is 4.20. The molecule has 9 nitrogen and oxygen atoms in total. The lowest BCUT2D eigenvalue weighted by Gasteiger charge is -2.30. The second kappa shape index (κ2) is 6.38. The van der Waals surface area contributed by atoms with Crippen LogP contribution in [-0.2, 0) is 11.2 Å². The van der Waals surface area contributed by atoms with Gasteiger partial charge in [-0.05, 0) is 19.9 Å². The molecule has 1 atom stereocenters. The Balaban J connectivity index is 1.39. The van der Waals surface area contributed by atoms with Gasteiger partial charge in [0.15, 0.2) is 5.82 Å². The van der Waals surface area contributed by atoms with Crippen LogP contribution in [0.15, 0.2) is 4.52 Å². The molecule has 3 aliphatic rings. The van der Waals surface area contributed by atoms with Crippen molar-refractivity contribution < 1.29 is 14.1 Å². The van der Waals surface area contributed by atoms with Gasteiger partial charge in [0, 0.05) is 32.6 Å². The molecule has 1 unspecified atom stereocenters. The first-order valence-corrected chi connectivity index (χ1v) is 8.97. The summed E-state index contributed by atoms with van der Waals surface area (Å²) >= 11 is 0. The van der Waals surface area contributed by atoms with Crippen LogP contribution in [0.2, 0.25) is 0 Å². The van der Waals surface area contributed by atoms with Gasteiger partial charge in [0.25, 0.3) is 5.91 Å². The van der Waals surface area contributed by atoms with E-state index in [0.717, 1.165) is 45.3 Å². The number of rotatable bonds is 4. The lowest BCUT2D eigenvalue weighted by atomic mass is 9.98. The van der Waals surface area contributed by atoms with Crippen molar-refractivity contribution >= 4 is 11.9 Å². The topological polar surface area (TPSA) is 104 Å². The fourth-order valence-electron chi connectivity index (χ4n) is 4.00. The molecule has 9 heteroatoms. The smallest absolute Gasteiger partial charge is 0.325 e. The lowest BCUT2D eigenvalue weighted by Crippen LogP contribution is -2.44. The molecule has 2 saturated heterocycles. The van der Waals surface area contributed by atoms with E-state index in [4.69, 9.17) is 4.52 Å². The summed E-state index contributed by atoms with van der Waals surface area (Å²) in [5, 5.41) is 10.3. The third kappa shape index (κ3) is 2.91. The molecule has 4 rings (SSSR count). The van der Waals surface area contributed by atoms with Crippen LogP contribution in [0.25, 0.3) is 0 Å². The first kappa shape index (κ1) is 16.5. The monoisotopic (exact) mass is 348 g/mol. The number of hydrogen-bond acceptors (Lipinski definition) is 7. The van der Waals surface area contributed by atoms with E-state index in [0.29, 0.717) is 18.1 Å². The van der Waals surface area contributed by atoms with E-state index in [-0.39, 0.29) is 24.5 Å². The van der Waals surface area contributed by atoms with E-state index in [1.165, 1.54) is 4.90 Å². The van der Waals surface area contributed by atoms with Gasteiger partial charge < -0.3 is 15.2 Å². The molecule has 0 aromatic carbocycles. The minimum Gasteiger partial charge on any atom is -0.339 e. The summed E-state index contributed by atoms with van der Waals surface area (Å²) in [6, 6.07) is -0.215. The van der Waals surface area contributed by atoms with Gasteiger partial charge in [-0.2, -0.15) is 4.98 Å². The summed E-state index contributed by atoms with van der Waals surface area (Å²) in [6.45, 7) is 2.93. The van der Waals surface area contributed by atoms with Gasteiger partial charge in [-0.1, -0.05) is 18.0 Å². The van der Waals surface area contributed by atoms with E-state index in [1.807, 2.05) is 7.05 Å². The standard InChI is InChI=1S/C16H24N6O3/c1-21-9-7-17-10-11(21)13-18-12(25-20-13)4-8-22-14(23)16(19-15(22)24)5-2-3-6-16/h11,17H,2-10H2,1H3,(H,19,24). The maximum Gasteiger partial charge on any atom is 0.325 e. The molecule has 1 spiro atoms. The van der Waals surface area contributed by atoms with E-state index in [2.05, 4.69) is 25.7 Å². The Labute approximate surface area is 146 Å². The number of aromatic nitrogens is 2. The molecule has 0 radical (unpaired) electrons. The predicted octanol–water partition coefficient (Wildman–Crippen LogP) is 0.0528. The highest BCUT2D eigenvalue weighted by Gasteiger charge is 2.52. The fourth-order valence-corrected chi connectivity index (χ4v) is 4.00. The van der Waals surface area contributed by atoms with Gasteiger partial charge in [0.2, 0.25) is 5.89 Å². The number of carbonyl (C=O) groups excluding carboxylic acids is 2. The fraction of sp³-hybridized carbons (Fsp3) is 0.750. The maximum absolute atomic E-state index is 12.6. The third-order valence-corrected chi connectivity index (χ3v) is 5.55. The number of likely N-dealkylation sites (N-methyl/N-ethyl adjacent to an activating group) is 1. The number of nitrogens with zero attached hydrogens (tertiary/aromatic N) is 4. The first-order valence-electron chi connectivity index (χ1n) is 8.97. The molecule has 2 aliphatic heterocycles. The normalized spacial score (nSPS) is 26.6. The summed E-state index contributed by atoms with van der Waals surface area (Å²) in [7, 11) is 2.04. The van der Waals surface area contributed by atoms with Crippen LogP contribution < -0.4 is 10.6 Å². The zero-order valence-electron chi connectivity index (χ0n) is 14.5. The molecule has 0 bridgehead atoms. The summed E-state index contributed by atoms with van der Waals surface area (Å²) < 4.78 is 5.33. The molecule has 1 saturated carbocycles. The highest BCUT2D eigenvalue weighted by molar-refractivity contribution is 6.07. The summed E-state index contributed by atoms with van der Waals surface area (Å²) in [5.41, 5.74) is -0.659. The zero-order chi connectivity index (χ0) is 17.4. The quantitative estimate of drug-likeness (QED) is 0.741. The number of carbonyl (C=O) groups is 2. The van der Waals surface area contributed by atoms with E-state index < -0.39 is 5.54 Å². The Hall–Kier alpha value is -2.00. The Morgan fingerprint density at radius 3 is 2.88 bits per heavy atom. The van der Waals surface area contributed by atoms with Gasteiger partial charge in [-0.15, -0.1) is 0 Å². The molecule has 3 fully saturated rings. The maximum atomic E-state index is 12.6. The SMILES string of the molecule is CN1CCNCC1c1noc(CCN2C(=O)NC3(CCCC3)C2=O)n1. The van der Waals surface area contributed by atoms with Gasteiger partial charge in [-0.3, -0.25) is 14.6 Å². The molecule has 1 aromatic heterocycles. The van der Waals surface area contributed by atoms with Crippen LogP contribution >= 0.6 is 0 Å². The zero-order valence-corrected chi connectivity index (χ0v) is 14.5. The molecule has 3 heterocycles. The Morgan fingerprint density at radius 1 is 1.32 bits per heavy atom. The highest BCUT2D eigenvalue weighted by Crippen LogP contribution is 2.35. The minimum atomic E-state index is -0.659. The molecular weight excluding hydrogens is 324 g/mol. The Morgan fingerprint density at radius 2 is 2.12 bits per heavy atom. The largest absolute Gasteiger partial charge is 0.339 e. The number of hydrogen-bond donors (Lipinski definition) is 2. The van der Waals surface area contributed by atoms with Crippen molar-refractivity contribution in [3.8, 4) is 0 Å². The van der Waals surface area contributed by atoms with Gasteiger partial charge >= 0.3 is 6.03 Å². The van der Waals surface area contributed by atoms with Gasteiger partial charge in [0.1, 0.15) is 5.54 Å². The van der Waals surface area contributed by atoms with Crippen molar-refractivity contribution in [2.75, 3.05) is 33.2 Å². The second-order valence-corrected chi connectivity index (χ2v) is 7.17. The summed E-state index contributed by atoms with van der Waals surface area (Å²) in [6.07, 6.45) is 3.82. The average Bonchev–Trinajstić information content (AvgIpc) is 3.30.